The SMILES string of the molecule is CC(C)[C@H](NC(=O)OCc1ccccc1)C(=O)NCc1cccc(F)c1. The van der Waals surface area contributed by atoms with E-state index in [1.165, 1.54) is 12.1 Å². The molecule has 5 nitrogen and oxygen atoms in total. The van der Waals surface area contributed by atoms with Gasteiger partial charge in [-0.15, -0.1) is 0 Å². The molecular weight excluding hydrogens is 335 g/mol. The highest BCUT2D eigenvalue weighted by atomic mass is 19.1. The molecule has 0 fully saturated rings. The molecule has 0 radical (unpaired) electrons. The van der Waals surface area contributed by atoms with Gasteiger partial charge in [-0.2, -0.15) is 0 Å². The van der Waals surface area contributed by atoms with E-state index in [4.69, 9.17) is 4.74 Å². The van der Waals surface area contributed by atoms with Crippen LogP contribution in [0.3, 0.4) is 0 Å². The Morgan fingerprint density at radius 1 is 1.04 bits per heavy atom. The molecule has 0 spiro atoms. The number of benzene rings is 2. The second kappa shape index (κ2) is 9.56. The van der Waals surface area contributed by atoms with Crippen LogP contribution in [0.25, 0.3) is 0 Å². The lowest BCUT2D eigenvalue weighted by molar-refractivity contribution is -0.124. The number of hydrogen-bond acceptors (Lipinski definition) is 3. The first-order chi connectivity index (χ1) is 12.5. The van der Waals surface area contributed by atoms with E-state index in [-0.39, 0.29) is 30.8 Å². The van der Waals surface area contributed by atoms with Gasteiger partial charge in [-0.25, -0.2) is 9.18 Å². The number of halogens is 1. The molecule has 2 rings (SSSR count). The van der Waals surface area contributed by atoms with Gasteiger partial charge in [-0.1, -0.05) is 56.3 Å². The van der Waals surface area contributed by atoms with Crippen molar-refractivity contribution in [2.45, 2.75) is 33.0 Å². The van der Waals surface area contributed by atoms with Crippen LogP contribution in [0.4, 0.5) is 9.18 Å². The lowest BCUT2D eigenvalue weighted by Crippen LogP contribution is -2.49. The van der Waals surface area contributed by atoms with Crippen molar-refractivity contribution < 1.29 is 18.7 Å². The molecule has 2 aromatic rings. The minimum atomic E-state index is -0.744. The topological polar surface area (TPSA) is 67.4 Å². The van der Waals surface area contributed by atoms with Gasteiger partial charge in [0.05, 0.1) is 0 Å². The fourth-order valence-corrected chi connectivity index (χ4v) is 2.37. The van der Waals surface area contributed by atoms with Crippen molar-refractivity contribution in [1.82, 2.24) is 10.6 Å². The maximum Gasteiger partial charge on any atom is 0.408 e. The van der Waals surface area contributed by atoms with Crippen molar-refractivity contribution in [2.75, 3.05) is 0 Å². The van der Waals surface area contributed by atoms with Crippen molar-refractivity contribution in [3.63, 3.8) is 0 Å². The molecule has 0 aliphatic rings. The van der Waals surface area contributed by atoms with Gasteiger partial charge >= 0.3 is 6.09 Å². The summed E-state index contributed by atoms with van der Waals surface area (Å²) < 4.78 is 18.3. The molecule has 2 aromatic carbocycles. The third-order valence-electron chi connectivity index (χ3n) is 3.79. The van der Waals surface area contributed by atoms with Crippen LogP contribution >= 0.6 is 0 Å². The zero-order chi connectivity index (χ0) is 18.9. The van der Waals surface area contributed by atoms with E-state index in [9.17, 15) is 14.0 Å². The summed E-state index contributed by atoms with van der Waals surface area (Å²) in [4.78, 5) is 24.4. The summed E-state index contributed by atoms with van der Waals surface area (Å²) >= 11 is 0. The van der Waals surface area contributed by atoms with Gasteiger partial charge in [-0.3, -0.25) is 4.79 Å². The third kappa shape index (κ3) is 6.20. The number of alkyl carbamates (subject to hydrolysis) is 1. The van der Waals surface area contributed by atoms with Crippen molar-refractivity contribution in [3.05, 3.63) is 71.5 Å². The molecule has 26 heavy (non-hydrogen) atoms. The van der Waals surface area contributed by atoms with Crippen LogP contribution in [0, 0.1) is 11.7 Å². The van der Waals surface area contributed by atoms with Gasteiger partial charge in [0.15, 0.2) is 0 Å². The smallest absolute Gasteiger partial charge is 0.408 e. The minimum absolute atomic E-state index is 0.127. The van der Waals surface area contributed by atoms with Gasteiger partial charge in [-0.05, 0) is 29.2 Å². The van der Waals surface area contributed by atoms with Crippen LogP contribution in [-0.4, -0.2) is 18.0 Å². The first-order valence-corrected chi connectivity index (χ1v) is 8.45. The summed E-state index contributed by atoms with van der Waals surface area (Å²) in [6.07, 6.45) is -0.659. The summed E-state index contributed by atoms with van der Waals surface area (Å²) in [5.41, 5.74) is 1.51. The second-order valence-corrected chi connectivity index (χ2v) is 6.28. The molecule has 138 valence electrons. The third-order valence-corrected chi connectivity index (χ3v) is 3.79. The first-order valence-electron chi connectivity index (χ1n) is 8.45. The Hall–Kier alpha value is -2.89. The number of carbonyl (C=O) groups excluding carboxylic acids is 2. The van der Waals surface area contributed by atoms with Crippen molar-refractivity contribution in [1.29, 1.82) is 0 Å². The molecule has 0 aliphatic heterocycles. The van der Waals surface area contributed by atoms with E-state index in [2.05, 4.69) is 10.6 Å². The van der Waals surface area contributed by atoms with Crippen LogP contribution in [0.15, 0.2) is 54.6 Å². The molecular formula is C20H23FN2O3. The van der Waals surface area contributed by atoms with Gasteiger partial charge in [0.1, 0.15) is 18.5 Å². The fourth-order valence-electron chi connectivity index (χ4n) is 2.37. The van der Waals surface area contributed by atoms with E-state index in [1.54, 1.807) is 12.1 Å². The van der Waals surface area contributed by atoms with E-state index in [0.29, 0.717) is 5.56 Å². The summed E-state index contributed by atoms with van der Waals surface area (Å²) in [6.45, 7) is 3.96. The second-order valence-electron chi connectivity index (χ2n) is 6.28. The highest BCUT2D eigenvalue weighted by Crippen LogP contribution is 2.07. The Morgan fingerprint density at radius 3 is 2.38 bits per heavy atom. The Labute approximate surface area is 152 Å². The van der Waals surface area contributed by atoms with Crippen molar-refractivity contribution in [3.8, 4) is 0 Å². The number of rotatable bonds is 7. The fraction of sp³-hybridized carbons (Fsp3) is 0.300. The number of amides is 2. The Morgan fingerprint density at radius 2 is 1.73 bits per heavy atom. The zero-order valence-electron chi connectivity index (χ0n) is 14.9. The zero-order valence-corrected chi connectivity index (χ0v) is 14.9. The average molecular weight is 358 g/mol. The van der Waals surface area contributed by atoms with Crippen LogP contribution in [0.2, 0.25) is 0 Å². The molecule has 6 heteroatoms. The van der Waals surface area contributed by atoms with E-state index < -0.39 is 12.1 Å². The molecule has 1 atom stereocenters. The van der Waals surface area contributed by atoms with Gasteiger partial charge in [0.25, 0.3) is 0 Å². The first kappa shape index (κ1) is 19.4. The van der Waals surface area contributed by atoms with Crippen molar-refractivity contribution >= 4 is 12.0 Å². The predicted molar refractivity (Wildman–Crippen MR) is 96.6 cm³/mol. The summed E-state index contributed by atoms with van der Waals surface area (Å²) in [5, 5.41) is 5.30. The van der Waals surface area contributed by atoms with Crippen LogP contribution < -0.4 is 10.6 Å². The van der Waals surface area contributed by atoms with Crippen LogP contribution in [0.5, 0.6) is 0 Å². The molecule has 2 N–H and O–H groups in total. The molecule has 0 bridgehead atoms. The minimum Gasteiger partial charge on any atom is -0.445 e. The largest absolute Gasteiger partial charge is 0.445 e. The van der Waals surface area contributed by atoms with Crippen LogP contribution in [0.1, 0.15) is 25.0 Å². The summed E-state index contributed by atoms with van der Waals surface area (Å²) in [7, 11) is 0. The standard InChI is InChI=1S/C20H23FN2O3/c1-14(2)18(19(24)22-12-16-9-6-10-17(21)11-16)23-20(25)26-13-15-7-4-3-5-8-15/h3-11,14,18H,12-13H2,1-2H3,(H,22,24)(H,23,25)/t18-/m0/s1. The van der Waals surface area contributed by atoms with Gasteiger partial charge in [0.2, 0.25) is 5.91 Å². The predicted octanol–water partition coefficient (Wildman–Crippen LogP) is 3.39. The molecule has 0 heterocycles. The molecule has 0 saturated heterocycles. The van der Waals surface area contributed by atoms with E-state index in [0.717, 1.165) is 5.56 Å². The maximum absolute atomic E-state index is 13.2. The summed E-state index contributed by atoms with van der Waals surface area (Å²) in [6, 6.07) is 14.5. The number of nitrogens with one attached hydrogen (secondary N) is 2. The summed E-state index contributed by atoms with van der Waals surface area (Å²) in [5.74, 6) is -0.840. The van der Waals surface area contributed by atoms with E-state index in [1.807, 2.05) is 44.2 Å². The monoisotopic (exact) mass is 358 g/mol. The molecule has 0 aromatic heterocycles. The van der Waals surface area contributed by atoms with Crippen LogP contribution in [-0.2, 0) is 22.7 Å². The molecule has 0 saturated carbocycles. The molecule has 2 amide bonds. The molecule has 0 unspecified atom stereocenters. The van der Waals surface area contributed by atoms with E-state index >= 15 is 0 Å². The van der Waals surface area contributed by atoms with Gasteiger partial charge < -0.3 is 15.4 Å². The van der Waals surface area contributed by atoms with Crippen molar-refractivity contribution in [2.24, 2.45) is 5.92 Å². The quantitative estimate of drug-likeness (QED) is 0.797. The highest BCUT2D eigenvalue weighted by molar-refractivity contribution is 5.85. The molecule has 0 aliphatic carbocycles. The maximum atomic E-state index is 13.2. The Bertz CT molecular complexity index is 735. The lowest BCUT2D eigenvalue weighted by Gasteiger charge is -2.21. The highest BCUT2D eigenvalue weighted by Gasteiger charge is 2.24. The number of ether oxygens (including phenoxy) is 1. The van der Waals surface area contributed by atoms with Gasteiger partial charge in [0, 0.05) is 6.54 Å². The normalized spacial score (nSPS) is 11.7. The average Bonchev–Trinajstić information content (AvgIpc) is 2.63. The Kier molecular flexibility index (Phi) is 7.14. The number of hydrogen-bond donors (Lipinski definition) is 2. The Balaban J connectivity index is 1.86. The number of carbonyl (C=O) groups is 2. The lowest BCUT2D eigenvalue weighted by atomic mass is 10.0.